The van der Waals surface area contributed by atoms with Gasteiger partial charge in [0, 0.05) is 57.1 Å². The quantitative estimate of drug-likeness (QED) is 0.664. The first kappa shape index (κ1) is 22.6. The molecular formula is C24H35N7S. The highest BCUT2D eigenvalue weighted by Gasteiger charge is 2.23. The zero-order valence-corrected chi connectivity index (χ0v) is 20.2. The minimum atomic E-state index is 0.256. The summed E-state index contributed by atoms with van der Waals surface area (Å²) in [6.07, 6.45) is 2.48. The lowest BCUT2D eigenvalue weighted by atomic mass is 10.0. The average Bonchev–Trinajstić information content (AvgIpc) is 2.79. The number of para-hydroxylation sites is 1. The number of aromatic nitrogens is 2. The fourth-order valence-electron chi connectivity index (χ4n) is 4.43. The average molecular weight is 454 g/mol. The van der Waals surface area contributed by atoms with E-state index < -0.39 is 0 Å². The Morgan fingerprint density at radius 3 is 2.28 bits per heavy atom. The molecule has 8 heteroatoms. The monoisotopic (exact) mass is 453 g/mol. The Kier molecular flexibility index (Phi) is 7.29. The molecule has 1 aromatic carbocycles. The van der Waals surface area contributed by atoms with Crippen molar-refractivity contribution in [1.29, 1.82) is 0 Å². The Morgan fingerprint density at radius 2 is 1.62 bits per heavy atom. The molecule has 0 spiro atoms. The number of piperidine rings is 1. The molecule has 2 fully saturated rings. The highest BCUT2D eigenvalue weighted by atomic mass is 32.1. The van der Waals surface area contributed by atoms with Crippen molar-refractivity contribution < 1.29 is 0 Å². The van der Waals surface area contributed by atoms with E-state index in [1.165, 1.54) is 18.5 Å². The molecule has 0 unspecified atom stereocenters. The summed E-state index contributed by atoms with van der Waals surface area (Å²) in [5, 5.41) is 7.00. The second-order valence-electron chi connectivity index (χ2n) is 9.16. The molecule has 2 aromatic rings. The molecule has 2 N–H and O–H groups in total. The Bertz CT molecular complexity index is 896. The second-order valence-corrected chi connectivity index (χ2v) is 9.57. The van der Waals surface area contributed by atoms with Crippen LogP contribution in [0.1, 0.15) is 33.6 Å². The van der Waals surface area contributed by atoms with Crippen LogP contribution >= 0.6 is 12.2 Å². The predicted octanol–water partition coefficient (Wildman–Crippen LogP) is 3.73. The molecule has 1 atom stereocenters. The van der Waals surface area contributed by atoms with Crippen molar-refractivity contribution in [3.05, 3.63) is 36.4 Å². The molecule has 0 bridgehead atoms. The van der Waals surface area contributed by atoms with Crippen molar-refractivity contribution in [2.75, 3.05) is 59.3 Å². The molecule has 2 saturated heterocycles. The van der Waals surface area contributed by atoms with E-state index in [1.54, 1.807) is 0 Å². The van der Waals surface area contributed by atoms with Crippen molar-refractivity contribution >= 4 is 40.6 Å². The molecule has 4 rings (SSSR count). The van der Waals surface area contributed by atoms with Crippen LogP contribution in [0.4, 0.5) is 23.3 Å². The number of hydrogen-bond donors (Lipinski definition) is 2. The number of hydrogen-bond acceptors (Lipinski definition) is 6. The maximum atomic E-state index is 5.46. The first-order valence-electron chi connectivity index (χ1n) is 11.7. The van der Waals surface area contributed by atoms with Gasteiger partial charge in [0.15, 0.2) is 5.11 Å². The topological polar surface area (TPSA) is 59.6 Å². The van der Waals surface area contributed by atoms with Gasteiger partial charge in [0.05, 0.1) is 0 Å². The third-order valence-electron chi connectivity index (χ3n) is 6.05. The van der Waals surface area contributed by atoms with Gasteiger partial charge in [0.1, 0.15) is 11.6 Å². The van der Waals surface area contributed by atoms with E-state index in [2.05, 4.69) is 82.5 Å². The van der Waals surface area contributed by atoms with E-state index in [9.17, 15) is 0 Å². The highest BCUT2D eigenvalue weighted by Crippen LogP contribution is 2.27. The van der Waals surface area contributed by atoms with E-state index in [1.807, 2.05) is 0 Å². The molecule has 32 heavy (non-hydrogen) atoms. The van der Waals surface area contributed by atoms with Gasteiger partial charge >= 0.3 is 0 Å². The molecule has 2 aliphatic rings. The van der Waals surface area contributed by atoms with Gasteiger partial charge in [0.25, 0.3) is 0 Å². The third kappa shape index (κ3) is 5.79. The summed E-state index contributed by atoms with van der Waals surface area (Å²) in [5.74, 6) is 3.20. The van der Waals surface area contributed by atoms with E-state index in [0.717, 1.165) is 50.9 Å². The number of thiocarbonyl (C=S) groups is 1. The van der Waals surface area contributed by atoms with Crippen molar-refractivity contribution in [2.24, 2.45) is 5.92 Å². The van der Waals surface area contributed by atoms with Crippen LogP contribution in [0.25, 0.3) is 0 Å². The number of nitrogens with zero attached hydrogens (tertiary/aromatic N) is 5. The van der Waals surface area contributed by atoms with Gasteiger partial charge in [-0.1, -0.05) is 25.1 Å². The van der Waals surface area contributed by atoms with Crippen LogP contribution in [0, 0.1) is 5.92 Å². The van der Waals surface area contributed by atoms with E-state index in [0.29, 0.717) is 17.0 Å². The zero-order chi connectivity index (χ0) is 22.5. The lowest BCUT2D eigenvalue weighted by molar-refractivity contribution is 0.444. The molecule has 2 aliphatic heterocycles. The summed E-state index contributed by atoms with van der Waals surface area (Å²) in [6, 6.07) is 13.0. The summed E-state index contributed by atoms with van der Waals surface area (Å²) in [4.78, 5) is 16.9. The molecular weight excluding hydrogens is 418 g/mol. The van der Waals surface area contributed by atoms with Crippen molar-refractivity contribution in [2.45, 2.75) is 39.7 Å². The molecule has 0 saturated carbocycles. The molecule has 0 aliphatic carbocycles. The van der Waals surface area contributed by atoms with Gasteiger partial charge in [-0.15, -0.1) is 0 Å². The largest absolute Gasteiger partial charge is 0.368 e. The van der Waals surface area contributed by atoms with Crippen LogP contribution < -0.4 is 25.3 Å². The number of piperazine rings is 1. The fraction of sp³-hybridized carbons (Fsp3) is 0.542. The van der Waals surface area contributed by atoms with Crippen LogP contribution in [0.15, 0.2) is 36.4 Å². The Labute approximate surface area is 197 Å². The van der Waals surface area contributed by atoms with Gasteiger partial charge in [-0.2, -0.15) is 9.97 Å². The van der Waals surface area contributed by atoms with E-state index in [4.69, 9.17) is 22.2 Å². The van der Waals surface area contributed by atoms with Crippen molar-refractivity contribution in [1.82, 2.24) is 15.3 Å². The minimum Gasteiger partial charge on any atom is -0.368 e. The first-order valence-corrected chi connectivity index (χ1v) is 12.2. The van der Waals surface area contributed by atoms with Crippen LogP contribution in [0.3, 0.4) is 0 Å². The maximum absolute atomic E-state index is 5.46. The highest BCUT2D eigenvalue weighted by molar-refractivity contribution is 7.80. The normalized spacial score (nSPS) is 19.2. The van der Waals surface area contributed by atoms with Crippen LogP contribution in [0.5, 0.6) is 0 Å². The second kappa shape index (κ2) is 10.3. The van der Waals surface area contributed by atoms with Gasteiger partial charge in [-0.25, -0.2) is 0 Å². The molecule has 0 amide bonds. The summed E-state index contributed by atoms with van der Waals surface area (Å²) >= 11 is 5.46. The molecule has 0 radical (unpaired) electrons. The van der Waals surface area contributed by atoms with Gasteiger partial charge in [-0.3, -0.25) is 0 Å². The van der Waals surface area contributed by atoms with Crippen LogP contribution in [-0.4, -0.2) is 60.4 Å². The SMILES string of the molecule is CC(C)NC(=S)Nc1nc(N2CCN(c3ccccc3)CC2)cc(N2CCC[C@H](C)C2)n1. The number of benzene rings is 1. The molecule has 172 valence electrons. The Hall–Kier alpha value is -2.61. The lowest BCUT2D eigenvalue weighted by Crippen LogP contribution is -2.47. The standard InChI is InChI=1S/C24H35N7S/c1-18(2)25-24(32)28-23-26-21(16-22(27-23)31-11-7-8-19(3)17-31)30-14-12-29(13-15-30)20-9-5-4-6-10-20/h4-6,9-10,16,18-19H,7-8,11-15,17H2,1-3H3,(H2,25,26,27,28,32)/t19-/m0/s1. The number of anilines is 4. The van der Waals surface area contributed by atoms with Gasteiger partial charge < -0.3 is 25.3 Å². The summed E-state index contributed by atoms with van der Waals surface area (Å²) < 4.78 is 0. The number of rotatable bonds is 5. The Morgan fingerprint density at radius 1 is 0.969 bits per heavy atom. The van der Waals surface area contributed by atoms with Crippen LogP contribution in [-0.2, 0) is 0 Å². The smallest absolute Gasteiger partial charge is 0.232 e. The summed E-state index contributed by atoms with van der Waals surface area (Å²) in [5.41, 5.74) is 1.28. The zero-order valence-electron chi connectivity index (χ0n) is 19.4. The van der Waals surface area contributed by atoms with E-state index in [-0.39, 0.29) is 6.04 Å². The van der Waals surface area contributed by atoms with Crippen molar-refractivity contribution in [3.63, 3.8) is 0 Å². The fourth-order valence-corrected chi connectivity index (χ4v) is 4.76. The summed E-state index contributed by atoms with van der Waals surface area (Å²) in [6.45, 7) is 12.3. The minimum absolute atomic E-state index is 0.256. The third-order valence-corrected chi connectivity index (χ3v) is 6.27. The molecule has 1 aromatic heterocycles. The maximum Gasteiger partial charge on any atom is 0.232 e. The molecule has 3 heterocycles. The van der Waals surface area contributed by atoms with Crippen molar-refractivity contribution in [3.8, 4) is 0 Å². The van der Waals surface area contributed by atoms with Gasteiger partial charge in [0.2, 0.25) is 5.95 Å². The van der Waals surface area contributed by atoms with Crippen LogP contribution in [0.2, 0.25) is 0 Å². The Balaban J connectivity index is 1.53. The van der Waals surface area contributed by atoms with Gasteiger partial charge in [-0.05, 0) is 57.0 Å². The predicted molar refractivity (Wildman–Crippen MR) is 138 cm³/mol. The lowest BCUT2D eigenvalue weighted by Gasteiger charge is -2.37. The first-order chi connectivity index (χ1) is 15.5. The summed E-state index contributed by atoms with van der Waals surface area (Å²) in [7, 11) is 0. The molecule has 7 nitrogen and oxygen atoms in total. The van der Waals surface area contributed by atoms with E-state index >= 15 is 0 Å². The number of nitrogens with one attached hydrogen (secondary N) is 2.